The molecule has 0 spiro atoms. The van der Waals surface area contributed by atoms with Gasteiger partial charge in [-0.25, -0.2) is 0 Å². The summed E-state index contributed by atoms with van der Waals surface area (Å²) < 4.78 is 7.07. The summed E-state index contributed by atoms with van der Waals surface area (Å²) in [5, 5.41) is 2.41. The Morgan fingerprint density at radius 2 is 0.951 bits per heavy atom. The van der Waals surface area contributed by atoms with Crippen molar-refractivity contribution in [2.75, 3.05) is 4.90 Å². The molecule has 304 valence electrons. The van der Waals surface area contributed by atoms with Crippen molar-refractivity contribution < 1.29 is 4.42 Å². The fourth-order valence-corrected chi connectivity index (χ4v) is 11.5. The number of rotatable bonds is 3. The highest BCUT2D eigenvalue weighted by Crippen LogP contribution is 2.60. The van der Waals surface area contributed by atoms with Crippen LogP contribution >= 0.6 is 0 Å². The van der Waals surface area contributed by atoms with Gasteiger partial charge in [-0.15, -0.1) is 0 Å². The first-order chi connectivity index (χ1) is 28.8. The molecule has 3 aliphatic rings. The number of fused-ring (bicyclic) bond motifs is 12. The van der Waals surface area contributed by atoms with Crippen LogP contribution in [0.2, 0.25) is 0 Å². The molecule has 0 saturated carbocycles. The summed E-state index contributed by atoms with van der Waals surface area (Å²) in [5.41, 5.74) is 23.6. The van der Waals surface area contributed by atoms with Crippen molar-refractivity contribution in [3.63, 3.8) is 0 Å². The number of hydrogen-bond acceptors (Lipinski definition) is 2. The summed E-state index contributed by atoms with van der Waals surface area (Å²) in [6.45, 7) is 28.2. The second-order valence-corrected chi connectivity index (χ2v) is 21.8. The molecule has 0 atom stereocenters. The molecule has 7 aromatic carbocycles. The molecule has 8 aromatic rings. The molecule has 11 rings (SSSR count). The SMILES string of the molecule is CC(C)(C)c1cc(C(C)(C)C)c2oc3cc4c(cc3c2c1)C(C)(C)c1cccc(N(c2ccc3c(c2)C(C)(C)c2ccccc2-3)c2cccc3c2-c2ccccc2C3(C)C)c1-4. The van der Waals surface area contributed by atoms with Crippen LogP contribution in [0.4, 0.5) is 17.1 Å². The van der Waals surface area contributed by atoms with Gasteiger partial charge >= 0.3 is 0 Å². The van der Waals surface area contributed by atoms with E-state index in [0.29, 0.717) is 0 Å². The van der Waals surface area contributed by atoms with Crippen molar-refractivity contribution >= 4 is 39.0 Å². The normalized spacial score (nSPS) is 16.3. The van der Waals surface area contributed by atoms with Crippen molar-refractivity contribution in [1.82, 2.24) is 0 Å². The largest absolute Gasteiger partial charge is 0.456 e. The second kappa shape index (κ2) is 12.2. The minimum atomic E-state index is -0.243. The fraction of sp³-hybridized carbons (Fsp3) is 0.288. The molecule has 0 unspecified atom stereocenters. The molecule has 3 aliphatic carbocycles. The predicted octanol–water partition coefficient (Wildman–Crippen LogP) is 16.6. The molecule has 2 heteroatoms. The molecule has 0 amide bonds. The summed E-state index contributed by atoms with van der Waals surface area (Å²) in [6.07, 6.45) is 0. The molecule has 1 heterocycles. The zero-order chi connectivity index (χ0) is 42.8. The molecule has 0 saturated heterocycles. The van der Waals surface area contributed by atoms with Gasteiger partial charge in [0.1, 0.15) is 11.2 Å². The lowest BCUT2D eigenvalue weighted by atomic mass is 9.79. The number of nitrogens with zero attached hydrogens (tertiary/aromatic N) is 1. The second-order valence-electron chi connectivity index (χ2n) is 21.8. The van der Waals surface area contributed by atoms with E-state index in [1.54, 1.807) is 0 Å². The minimum Gasteiger partial charge on any atom is -0.456 e. The van der Waals surface area contributed by atoms with E-state index in [-0.39, 0.29) is 27.1 Å². The Labute approximate surface area is 362 Å². The van der Waals surface area contributed by atoms with Crippen LogP contribution in [-0.4, -0.2) is 0 Å². The van der Waals surface area contributed by atoms with Crippen molar-refractivity contribution in [2.45, 2.75) is 110 Å². The lowest BCUT2D eigenvalue weighted by Crippen LogP contribution is -2.18. The zero-order valence-electron chi connectivity index (χ0n) is 38.0. The maximum atomic E-state index is 7.07. The number of furan rings is 1. The highest BCUT2D eigenvalue weighted by Gasteiger charge is 2.43. The fourth-order valence-electron chi connectivity index (χ4n) is 11.5. The number of hydrogen-bond donors (Lipinski definition) is 0. The van der Waals surface area contributed by atoms with E-state index < -0.39 is 0 Å². The summed E-state index contributed by atoms with van der Waals surface area (Å²) in [4.78, 5) is 2.59. The summed E-state index contributed by atoms with van der Waals surface area (Å²) in [5.74, 6) is 0. The van der Waals surface area contributed by atoms with E-state index in [4.69, 9.17) is 4.42 Å². The van der Waals surface area contributed by atoms with Crippen molar-refractivity contribution in [3.05, 3.63) is 172 Å². The number of benzene rings is 7. The van der Waals surface area contributed by atoms with E-state index in [1.807, 2.05) is 0 Å². The average molecular weight is 796 g/mol. The van der Waals surface area contributed by atoms with Crippen LogP contribution in [0.1, 0.15) is 128 Å². The van der Waals surface area contributed by atoms with Gasteiger partial charge < -0.3 is 9.32 Å². The Balaban J connectivity index is 1.21. The van der Waals surface area contributed by atoms with Crippen LogP contribution in [0.3, 0.4) is 0 Å². The van der Waals surface area contributed by atoms with E-state index in [1.165, 1.54) is 106 Å². The van der Waals surface area contributed by atoms with Gasteiger partial charge in [0.15, 0.2) is 0 Å². The van der Waals surface area contributed by atoms with Gasteiger partial charge in [0.05, 0.1) is 11.4 Å². The van der Waals surface area contributed by atoms with Gasteiger partial charge in [-0.3, -0.25) is 0 Å². The average Bonchev–Trinajstić information content (AvgIpc) is 3.85. The van der Waals surface area contributed by atoms with Crippen molar-refractivity contribution in [1.29, 1.82) is 0 Å². The minimum absolute atomic E-state index is 0.00524. The lowest BCUT2D eigenvalue weighted by Gasteiger charge is -2.32. The molecular formula is C59H57NO. The van der Waals surface area contributed by atoms with E-state index >= 15 is 0 Å². The quantitative estimate of drug-likeness (QED) is 0.177. The molecule has 0 fully saturated rings. The van der Waals surface area contributed by atoms with E-state index in [9.17, 15) is 0 Å². The van der Waals surface area contributed by atoms with Gasteiger partial charge in [0.2, 0.25) is 0 Å². The molecule has 2 nitrogen and oxygen atoms in total. The molecule has 0 N–H and O–H groups in total. The molecule has 61 heavy (non-hydrogen) atoms. The number of anilines is 3. The third kappa shape index (κ3) is 5.14. The van der Waals surface area contributed by atoms with Crippen LogP contribution in [0, 0.1) is 0 Å². The summed E-state index contributed by atoms with van der Waals surface area (Å²) in [7, 11) is 0. The van der Waals surface area contributed by atoms with Crippen molar-refractivity contribution in [2.24, 2.45) is 0 Å². The Morgan fingerprint density at radius 3 is 1.59 bits per heavy atom. The Morgan fingerprint density at radius 1 is 0.426 bits per heavy atom. The van der Waals surface area contributed by atoms with Crippen LogP contribution in [-0.2, 0) is 27.1 Å². The monoisotopic (exact) mass is 795 g/mol. The lowest BCUT2D eigenvalue weighted by molar-refractivity contribution is 0.559. The first kappa shape index (κ1) is 38.1. The summed E-state index contributed by atoms with van der Waals surface area (Å²) >= 11 is 0. The molecule has 0 radical (unpaired) electrons. The smallest absolute Gasteiger partial charge is 0.139 e. The van der Waals surface area contributed by atoms with Gasteiger partial charge in [0.25, 0.3) is 0 Å². The Kier molecular flexibility index (Phi) is 7.59. The Hall–Kier alpha value is -5.86. The van der Waals surface area contributed by atoms with E-state index in [0.717, 1.165) is 11.2 Å². The molecule has 1 aromatic heterocycles. The van der Waals surface area contributed by atoms with Crippen LogP contribution in [0.25, 0.3) is 55.3 Å². The van der Waals surface area contributed by atoms with Crippen LogP contribution < -0.4 is 4.90 Å². The standard InChI is InChI=1S/C59H57NO/c1-55(2,3)34-29-40-39-32-47-41(33-51(39)61-54(40)48(30-34)56(4,5)6)53-45(59(47,11)12)24-18-26-50(53)60(35-27-28-37-36-19-13-15-21-42(36)58(9,10)46(37)31-35)49-25-17-23-44-52(49)38-20-14-16-22-43(38)57(44,7)8/h13-33H,1-12H3. The van der Waals surface area contributed by atoms with Gasteiger partial charge in [-0.1, -0.05) is 168 Å². The first-order valence-electron chi connectivity index (χ1n) is 22.3. The molecular weight excluding hydrogens is 739 g/mol. The Bertz CT molecular complexity index is 3190. The van der Waals surface area contributed by atoms with Crippen LogP contribution in [0.5, 0.6) is 0 Å². The van der Waals surface area contributed by atoms with Crippen LogP contribution in [0.15, 0.2) is 132 Å². The van der Waals surface area contributed by atoms with Gasteiger partial charge in [-0.2, -0.15) is 0 Å². The molecule has 0 aliphatic heterocycles. The molecule has 0 bridgehead atoms. The maximum absolute atomic E-state index is 7.07. The van der Waals surface area contributed by atoms with E-state index in [2.05, 4.69) is 215 Å². The first-order valence-corrected chi connectivity index (χ1v) is 22.3. The summed E-state index contributed by atoms with van der Waals surface area (Å²) in [6, 6.07) is 48.9. The maximum Gasteiger partial charge on any atom is 0.139 e. The van der Waals surface area contributed by atoms with Gasteiger partial charge in [-0.05, 0) is 114 Å². The zero-order valence-corrected chi connectivity index (χ0v) is 38.0. The predicted molar refractivity (Wildman–Crippen MR) is 258 cm³/mol. The third-order valence-electron chi connectivity index (χ3n) is 14.9. The van der Waals surface area contributed by atoms with Gasteiger partial charge in [0, 0.05) is 49.4 Å². The topological polar surface area (TPSA) is 16.4 Å². The highest BCUT2D eigenvalue weighted by atomic mass is 16.3. The highest BCUT2D eigenvalue weighted by molar-refractivity contribution is 6.10. The third-order valence-corrected chi connectivity index (χ3v) is 14.9. The van der Waals surface area contributed by atoms with Crippen molar-refractivity contribution in [3.8, 4) is 33.4 Å².